The highest BCUT2D eigenvalue weighted by Crippen LogP contribution is 2.21. The first kappa shape index (κ1) is 18.5. The second kappa shape index (κ2) is 8.43. The third kappa shape index (κ3) is 4.01. The molecule has 0 unspecified atom stereocenters. The molecular weight excluding hydrogens is 358 g/mol. The minimum atomic E-state index is -0.0285. The number of carbonyl (C=O) groups excluding carboxylic acids is 1. The summed E-state index contributed by atoms with van der Waals surface area (Å²) in [5, 5.41) is 0. The van der Waals surface area contributed by atoms with Crippen LogP contribution in [0.5, 0.6) is 5.75 Å². The average molecular weight is 383 g/mol. The zero-order chi connectivity index (χ0) is 19.3. The molecule has 2 aliphatic heterocycles. The zero-order valence-corrected chi connectivity index (χ0v) is 16.1. The summed E-state index contributed by atoms with van der Waals surface area (Å²) in [4.78, 5) is 27.7. The lowest BCUT2D eigenvalue weighted by molar-refractivity contribution is 0.0302. The predicted molar refractivity (Wildman–Crippen MR) is 106 cm³/mol. The van der Waals surface area contributed by atoms with Crippen LogP contribution in [0, 0.1) is 0 Å². The topological polar surface area (TPSA) is 71.0 Å². The normalized spacial score (nSPS) is 17.5. The van der Waals surface area contributed by atoms with Gasteiger partial charge in [0.15, 0.2) is 0 Å². The van der Waals surface area contributed by atoms with E-state index in [9.17, 15) is 4.79 Å². The maximum absolute atomic E-state index is 12.5. The molecular formula is C20H25N5O3. The summed E-state index contributed by atoms with van der Waals surface area (Å²) in [5.74, 6) is 1.51. The highest BCUT2D eigenvalue weighted by atomic mass is 16.5. The SMILES string of the molecule is COc1ccc(N2CCN(c3ncc(C(=O)N4CCOCC4)cn3)CC2)cc1. The molecule has 0 saturated carbocycles. The summed E-state index contributed by atoms with van der Waals surface area (Å²) >= 11 is 0. The molecule has 0 N–H and O–H groups in total. The lowest BCUT2D eigenvalue weighted by Crippen LogP contribution is -2.47. The molecule has 1 aromatic carbocycles. The first-order valence-electron chi connectivity index (χ1n) is 9.57. The van der Waals surface area contributed by atoms with Crippen molar-refractivity contribution in [2.45, 2.75) is 0 Å². The van der Waals surface area contributed by atoms with Gasteiger partial charge in [-0.2, -0.15) is 0 Å². The fourth-order valence-electron chi connectivity index (χ4n) is 3.50. The fraction of sp³-hybridized carbons (Fsp3) is 0.450. The van der Waals surface area contributed by atoms with Crippen molar-refractivity contribution >= 4 is 17.5 Å². The maximum Gasteiger partial charge on any atom is 0.257 e. The monoisotopic (exact) mass is 383 g/mol. The van der Waals surface area contributed by atoms with Crippen LogP contribution in [-0.4, -0.2) is 80.4 Å². The van der Waals surface area contributed by atoms with Crippen LogP contribution in [0.4, 0.5) is 11.6 Å². The van der Waals surface area contributed by atoms with E-state index in [0.29, 0.717) is 37.8 Å². The van der Waals surface area contributed by atoms with Gasteiger partial charge < -0.3 is 24.2 Å². The van der Waals surface area contributed by atoms with E-state index in [4.69, 9.17) is 9.47 Å². The molecule has 2 fully saturated rings. The van der Waals surface area contributed by atoms with E-state index in [2.05, 4.69) is 31.9 Å². The number of carbonyl (C=O) groups is 1. The van der Waals surface area contributed by atoms with Crippen LogP contribution in [-0.2, 0) is 4.74 Å². The van der Waals surface area contributed by atoms with Crippen molar-refractivity contribution in [3.05, 3.63) is 42.2 Å². The molecule has 0 atom stereocenters. The molecule has 4 rings (SSSR count). The van der Waals surface area contributed by atoms with E-state index in [1.165, 1.54) is 5.69 Å². The number of piperazine rings is 1. The van der Waals surface area contributed by atoms with Crippen molar-refractivity contribution in [1.29, 1.82) is 0 Å². The van der Waals surface area contributed by atoms with Crippen molar-refractivity contribution in [1.82, 2.24) is 14.9 Å². The Kier molecular flexibility index (Phi) is 5.57. The Hall–Kier alpha value is -2.87. The van der Waals surface area contributed by atoms with Gasteiger partial charge in [0.1, 0.15) is 5.75 Å². The van der Waals surface area contributed by atoms with Crippen LogP contribution < -0.4 is 14.5 Å². The van der Waals surface area contributed by atoms with Crippen molar-refractivity contribution in [2.24, 2.45) is 0 Å². The minimum absolute atomic E-state index is 0.0285. The van der Waals surface area contributed by atoms with E-state index < -0.39 is 0 Å². The summed E-state index contributed by atoms with van der Waals surface area (Å²) in [6.07, 6.45) is 3.27. The van der Waals surface area contributed by atoms with Crippen molar-refractivity contribution in [3.63, 3.8) is 0 Å². The highest BCUT2D eigenvalue weighted by Gasteiger charge is 2.22. The minimum Gasteiger partial charge on any atom is -0.497 e. The third-order valence-electron chi connectivity index (χ3n) is 5.18. The standard InChI is InChI=1S/C20H25N5O3/c1-27-18-4-2-17(3-5-18)23-6-8-25(9-7-23)20-21-14-16(15-22-20)19(26)24-10-12-28-13-11-24/h2-5,14-15H,6-13H2,1H3. The van der Waals surface area contributed by atoms with Gasteiger partial charge in [-0.3, -0.25) is 4.79 Å². The molecule has 0 spiro atoms. The van der Waals surface area contributed by atoms with E-state index >= 15 is 0 Å². The van der Waals surface area contributed by atoms with Gasteiger partial charge in [0, 0.05) is 57.3 Å². The number of hydrogen-bond acceptors (Lipinski definition) is 7. The Morgan fingerprint density at radius 1 is 0.929 bits per heavy atom. The van der Waals surface area contributed by atoms with Crippen molar-refractivity contribution in [3.8, 4) is 5.75 Å². The average Bonchev–Trinajstić information content (AvgIpc) is 2.79. The van der Waals surface area contributed by atoms with Gasteiger partial charge >= 0.3 is 0 Å². The number of morpholine rings is 1. The molecule has 8 nitrogen and oxygen atoms in total. The summed E-state index contributed by atoms with van der Waals surface area (Å²) in [6, 6.07) is 8.12. The molecule has 0 bridgehead atoms. The number of ether oxygens (including phenoxy) is 2. The van der Waals surface area contributed by atoms with E-state index in [1.54, 1.807) is 24.4 Å². The number of nitrogens with zero attached hydrogens (tertiary/aromatic N) is 5. The number of aromatic nitrogens is 2. The Morgan fingerprint density at radius 2 is 1.54 bits per heavy atom. The second-order valence-corrected chi connectivity index (χ2v) is 6.85. The summed E-state index contributed by atoms with van der Waals surface area (Å²) < 4.78 is 10.5. The third-order valence-corrected chi connectivity index (χ3v) is 5.18. The van der Waals surface area contributed by atoms with Crippen LogP contribution in [0.3, 0.4) is 0 Å². The Labute approximate surface area is 164 Å². The summed E-state index contributed by atoms with van der Waals surface area (Å²) in [7, 11) is 1.67. The molecule has 0 aliphatic carbocycles. The summed E-state index contributed by atoms with van der Waals surface area (Å²) in [6.45, 7) is 5.87. The number of anilines is 2. The largest absolute Gasteiger partial charge is 0.497 e. The molecule has 3 heterocycles. The molecule has 1 amide bonds. The lowest BCUT2D eigenvalue weighted by Gasteiger charge is -2.36. The van der Waals surface area contributed by atoms with Crippen LogP contribution in [0.25, 0.3) is 0 Å². The number of hydrogen-bond donors (Lipinski definition) is 0. The molecule has 2 aliphatic rings. The van der Waals surface area contributed by atoms with Gasteiger partial charge in [0.05, 0.1) is 25.9 Å². The van der Waals surface area contributed by atoms with Crippen molar-refractivity contribution < 1.29 is 14.3 Å². The van der Waals surface area contributed by atoms with Gasteiger partial charge in [0.25, 0.3) is 5.91 Å². The smallest absolute Gasteiger partial charge is 0.257 e. The van der Waals surface area contributed by atoms with Gasteiger partial charge in [-0.05, 0) is 24.3 Å². The van der Waals surface area contributed by atoms with Crippen LogP contribution in [0.1, 0.15) is 10.4 Å². The molecule has 8 heteroatoms. The van der Waals surface area contributed by atoms with E-state index in [0.717, 1.165) is 31.9 Å². The van der Waals surface area contributed by atoms with Gasteiger partial charge in [-0.1, -0.05) is 0 Å². The van der Waals surface area contributed by atoms with Crippen molar-refractivity contribution in [2.75, 3.05) is 69.4 Å². The number of amides is 1. The number of methoxy groups -OCH3 is 1. The molecule has 2 saturated heterocycles. The predicted octanol–water partition coefficient (Wildman–Crippen LogP) is 1.28. The Balaban J connectivity index is 1.34. The Morgan fingerprint density at radius 3 is 2.14 bits per heavy atom. The Bertz CT molecular complexity index is 782. The first-order valence-corrected chi connectivity index (χ1v) is 9.57. The van der Waals surface area contributed by atoms with Gasteiger partial charge in [-0.25, -0.2) is 9.97 Å². The van der Waals surface area contributed by atoms with Gasteiger partial charge in [0.2, 0.25) is 5.95 Å². The van der Waals surface area contributed by atoms with Gasteiger partial charge in [-0.15, -0.1) is 0 Å². The quantitative estimate of drug-likeness (QED) is 0.788. The fourth-order valence-corrected chi connectivity index (χ4v) is 3.50. The molecule has 28 heavy (non-hydrogen) atoms. The second-order valence-electron chi connectivity index (χ2n) is 6.85. The molecule has 148 valence electrons. The first-order chi connectivity index (χ1) is 13.7. The highest BCUT2D eigenvalue weighted by molar-refractivity contribution is 5.93. The number of rotatable bonds is 4. The van der Waals surface area contributed by atoms with E-state index in [-0.39, 0.29) is 5.91 Å². The zero-order valence-electron chi connectivity index (χ0n) is 16.1. The number of benzene rings is 1. The van der Waals surface area contributed by atoms with E-state index in [1.807, 2.05) is 12.1 Å². The maximum atomic E-state index is 12.5. The van der Waals surface area contributed by atoms with Crippen LogP contribution in [0.2, 0.25) is 0 Å². The summed E-state index contributed by atoms with van der Waals surface area (Å²) in [5.41, 5.74) is 1.72. The van der Waals surface area contributed by atoms with Crippen LogP contribution >= 0.6 is 0 Å². The molecule has 0 radical (unpaired) electrons. The molecule has 2 aromatic rings. The van der Waals surface area contributed by atoms with Crippen LogP contribution in [0.15, 0.2) is 36.7 Å². The molecule has 1 aromatic heterocycles. The lowest BCUT2D eigenvalue weighted by atomic mass is 10.2.